The molecule has 2 rings (SSSR count). The summed E-state index contributed by atoms with van der Waals surface area (Å²) in [6.45, 7) is 7.04. The Labute approximate surface area is 114 Å². The van der Waals surface area contributed by atoms with E-state index in [0.29, 0.717) is 13.2 Å². The summed E-state index contributed by atoms with van der Waals surface area (Å²) in [5.41, 5.74) is -0.595. The largest absolute Gasteiger partial charge is 0.389 e. The zero-order valence-electron chi connectivity index (χ0n) is 12.0. The van der Waals surface area contributed by atoms with Crippen molar-refractivity contribution < 1.29 is 9.84 Å². The third-order valence-corrected chi connectivity index (χ3v) is 4.02. The summed E-state index contributed by atoms with van der Waals surface area (Å²) in [7, 11) is 1.92. The van der Waals surface area contributed by atoms with Gasteiger partial charge < -0.3 is 14.4 Å². The Kier molecular flexibility index (Phi) is 4.54. The van der Waals surface area contributed by atoms with E-state index in [4.69, 9.17) is 4.74 Å². The third-order valence-electron chi connectivity index (χ3n) is 4.02. The molecule has 0 saturated carbocycles. The van der Waals surface area contributed by atoms with Crippen LogP contribution in [-0.4, -0.2) is 56.6 Å². The number of ether oxygens (including phenoxy) is 1. The Bertz CT molecular complexity index is 403. The average molecular weight is 268 g/mol. The molecule has 1 aliphatic heterocycles. The quantitative estimate of drug-likeness (QED) is 0.853. The third kappa shape index (κ3) is 3.32. The number of morpholine rings is 1. The van der Waals surface area contributed by atoms with Crippen molar-refractivity contribution >= 4 is 0 Å². The molecule has 1 N–H and O–H groups in total. The molecule has 1 aromatic heterocycles. The molecule has 0 amide bonds. The molecule has 0 bridgehead atoms. The van der Waals surface area contributed by atoms with E-state index in [1.54, 1.807) is 6.33 Å². The lowest BCUT2D eigenvalue weighted by Gasteiger charge is -2.37. The standard InChI is InChI=1S/C13H24N4O2/c1-4-13(18,5-2)9-17-6-7-19-11(8-17)12-15-14-10-16(12)3/h10-11,18H,4-9H2,1-3H3. The van der Waals surface area contributed by atoms with Crippen molar-refractivity contribution in [1.29, 1.82) is 0 Å². The lowest BCUT2D eigenvalue weighted by Crippen LogP contribution is -2.48. The van der Waals surface area contributed by atoms with Crippen LogP contribution in [0.25, 0.3) is 0 Å². The minimum atomic E-state index is -0.595. The van der Waals surface area contributed by atoms with Crippen molar-refractivity contribution in [3.63, 3.8) is 0 Å². The van der Waals surface area contributed by atoms with Gasteiger partial charge in [0.05, 0.1) is 12.2 Å². The number of rotatable bonds is 5. The Morgan fingerprint density at radius 2 is 2.21 bits per heavy atom. The fraction of sp³-hybridized carbons (Fsp3) is 0.846. The number of hydrogen-bond donors (Lipinski definition) is 1. The first-order valence-corrected chi connectivity index (χ1v) is 6.98. The summed E-state index contributed by atoms with van der Waals surface area (Å²) < 4.78 is 7.66. The van der Waals surface area contributed by atoms with Gasteiger partial charge in [-0.15, -0.1) is 10.2 Å². The maximum atomic E-state index is 10.4. The Hall–Kier alpha value is -0.980. The highest BCUT2D eigenvalue weighted by Crippen LogP contribution is 2.23. The normalized spacial score (nSPS) is 21.8. The molecule has 1 atom stereocenters. The molecular formula is C13H24N4O2. The van der Waals surface area contributed by atoms with Gasteiger partial charge in [-0.05, 0) is 12.8 Å². The van der Waals surface area contributed by atoms with Gasteiger partial charge in [0.1, 0.15) is 12.4 Å². The molecule has 19 heavy (non-hydrogen) atoms. The highest BCUT2D eigenvalue weighted by atomic mass is 16.5. The van der Waals surface area contributed by atoms with Gasteiger partial charge in [0.2, 0.25) is 0 Å². The van der Waals surface area contributed by atoms with Gasteiger partial charge in [0, 0.05) is 26.7 Å². The van der Waals surface area contributed by atoms with E-state index in [1.165, 1.54) is 0 Å². The van der Waals surface area contributed by atoms with Gasteiger partial charge in [0.15, 0.2) is 5.82 Å². The Morgan fingerprint density at radius 3 is 2.79 bits per heavy atom. The second-order valence-electron chi connectivity index (χ2n) is 5.33. The van der Waals surface area contributed by atoms with Gasteiger partial charge in [-0.3, -0.25) is 4.90 Å². The second kappa shape index (κ2) is 5.98. The number of aliphatic hydroxyl groups is 1. The summed E-state index contributed by atoms with van der Waals surface area (Å²) in [5.74, 6) is 0.848. The van der Waals surface area contributed by atoms with Crippen LogP contribution in [0.3, 0.4) is 0 Å². The van der Waals surface area contributed by atoms with Crippen LogP contribution in [0.1, 0.15) is 38.6 Å². The van der Waals surface area contributed by atoms with Crippen LogP contribution in [-0.2, 0) is 11.8 Å². The SMILES string of the molecule is CCC(O)(CC)CN1CCOC(c2nncn2C)C1. The van der Waals surface area contributed by atoms with Crippen LogP contribution in [0.4, 0.5) is 0 Å². The Morgan fingerprint density at radius 1 is 1.47 bits per heavy atom. The number of β-amino-alcohol motifs (C(OH)–C–C–N with tert-alkyl or cyclic N) is 1. The van der Waals surface area contributed by atoms with Crippen LogP contribution in [0.5, 0.6) is 0 Å². The minimum Gasteiger partial charge on any atom is -0.389 e. The predicted octanol–water partition coefficient (Wildman–Crippen LogP) is 0.739. The molecule has 1 fully saturated rings. The first-order chi connectivity index (χ1) is 9.08. The van der Waals surface area contributed by atoms with Gasteiger partial charge >= 0.3 is 0 Å². The topological polar surface area (TPSA) is 63.4 Å². The molecule has 2 heterocycles. The monoisotopic (exact) mass is 268 g/mol. The van der Waals surface area contributed by atoms with Crippen molar-refractivity contribution in [1.82, 2.24) is 19.7 Å². The summed E-state index contributed by atoms with van der Waals surface area (Å²) in [5, 5.41) is 18.4. The van der Waals surface area contributed by atoms with Crippen molar-refractivity contribution in [3.8, 4) is 0 Å². The average Bonchev–Trinajstić information content (AvgIpc) is 2.85. The van der Waals surface area contributed by atoms with Crippen LogP contribution >= 0.6 is 0 Å². The van der Waals surface area contributed by atoms with E-state index in [0.717, 1.165) is 31.8 Å². The molecule has 6 nitrogen and oxygen atoms in total. The lowest BCUT2D eigenvalue weighted by molar-refractivity contribution is -0.0714. The van der Waals surface area contributed by atoms with E-state index in [9.17, 15) is 5.11 Å². The molecule has 1 saturated heterocycles. The molecule has 0 aliphatic carbocycles. The zero-order valence-corrected chi connectivity index (χ0v) is 12.0. The van der Waals surface area contributed by atoms with E-state index in [1.807, 2.05) is 25.5 Å². The van der Waals surface area contributed by atoms with Gasteiger partial charge in [-0.2, -0.15) is 0 Å². The summed E-state index contributed by atoms with van der Waals surface area (Å²) in [6, 6.07) is 0. The molecular weight excluding hydrogens is 244 g/mol. The number of aryl methyl sites for hydroxylation is 1. The first kappa shape index (κ1) is 14.4. The van der Waals surface area contributed by atoms with E-state index in [2.05, 4.69) is 15.1 Å². The highest BCUT2D eigenvalue weighted by Gasteiger charge is 2.31. The van der Waals surface area contributed by atoms with Gasteiger partial charge in [-0.1, -0.05) is 13.8 Å². The van der Waals surface area contributed by atoms with Crippen LogP contribution in [0.15, 0.2) is 6.33 Å². The van der Waals surface area contributed by atoms with E-state index < -0.39 is 5.60 Å². The smallest absolute Gasteiger partial charge is 0.163 e. The molecule has 1 unspecified atom stereocenters. The first-order valence-electron chi connectivity index (χ1n) is 6.98. The van der Waals surface area contributed by atoms with Crippen LogP contribution in [0.2, 0.25) is 0 Å². The Balaban J connectivity index is 2.00. The molecule has 0 spiro atoms. The van der Waals surface area contributed by atoms with Crippen molar-refractivity contribution in [2.75, 3.05) is 26.2 Å². The fourth-order valence-corrected chi connectivity index (χ4v) is 2.48. The van der Waals surface area contributed by atoms with Gasteiger partial charge in [0.25, 0.3) is 0 Å². The van der Waals surface area contributed by atoms with E-state index in [-0.39, 0.29) is 6.10 Å². The molecule has 0 aromatic carbocycles. The lowest BCUT2D eigenvalue weighted by atomic mass is 9.96. The maximum Gasteiger partial charge on any atom is 0.163 e. The predicted molar refractivity (Wildman–Crippen MR) is 71.7 cm³/mol. The zero-order chi connectivity index (χ0) is 13.9. The second-order valence-corrected chi connectivity index (χ2v) is 5.33. The fourth-order valence-electron chi connectivity index (χ4n) is 2.48. The summed E-state index contributed by atoms with van der Waals surface area (Å²) >= 11 is 0. The van der Waals surface area contributed by atoms with Crippen molar-refractivity contribution in [2.45, 2.75) is 38.4 Å². The number of nitrogens with zero attached hydrogens (tertiary/aromatic N) is 4. The van der Waals surface area contributed by atoms with Crippen molar-refractivity contribution in [2.24, 2.45) is 7.05 Å². The van der Waals surface area contributed by atoms with Gasteiger partial charge in [-0.25, -0.2) is 0 Å². The minimum absolute atomic E-state index is 0.0563. The molecule has 108 valence electrons. The van der Waals surface area contributed by atoms with Crippen molar-refractivity contribution in [3.05, 3.63) is 12.2 Å². The molecule has 1 aromatic rings. The number of aromatic nitrogens is 3. The molecule has 0 radical (unpaired) electrons. The maximum absolute atomic E-state index is 10.4. The molecule has 1 aliphatic rings. The van der Waals surface area contributed by atoms with Crippen LogP contribution < -0.4 is 0 Å². The summed E-state index contributed by atoms with van der Waals surface area (Å²) in [6.07, 6.45) is 3.18. The van der Waals surface area contributed by atoms with Crippen LogP contribution in [0, 0.1) is 0 Å². The highest BCUT2D eigenvalue weighted by molar-refractivity contribution is 4.95. The molecule has 6 heteroatoms. The summed E-state index contributed by atoms with van der Waals surface area (Å²) in [4.78, 5) is 2.26. The number of hydrogen-bond acceptors (Lipinski definition) is 5. The van der Waals surface area contributed by atoms with E-state index >= 15 is 0 Å².